The zero-order chi connectivity index (χ0) is 24.9. The number of aromatic nitrogens is 3. The van der Waals surface area contributed by atoms with E-state index in [0.717, 1.165) is 10.2 Å². The van der Waals surface area contributed by atoms with Gasteiger partial charge in [0.25, 0.3) is 0 Å². The molecule has 7 nitrogen and oxygen atoms in total. The van der Waals surface area contributed by atoms with Crippen LogP contribution >= 0.6 is 39.3 Å². The van der Waals surface area contributed by atoms with Crippen LogP contribution in [0.5, 0.6) is 5.75 Å². The van der Waals surface area contributed by atoms with Crippen molar-refractivity contribution in [3.8, 4) is 11.4 Å². The molecule has 1 atom stereocenters. The summed E-state index contributed by atoms with van der Waals surface area (Å²) < 4.78 is 22.6. The summed E-state index contributed by atoms with van der Waals surface area (Å²) in [6, 6.07) is 18.7. The third-order valence-electron chi connectivity index (χ3n) is 5.10. The Kier molecular flexibility index (Phi) is 8.04. The summed E-state index contributed by atoms with van der Waals surface area (Å²) >= 11 is 10.7. The number of thioether (sulfide) groups is 1. The minimum Gasteiger partial charge on any atom is -0.488 e. The number of benzene rings is 3. The van der Waals surface area contributed by atoms with Crippen molar-refractivity contribution < 1.29 is 14.1 Å². The van der Waals surface area contributed by atoms with Crippen LogP contribution in [-0.4, -0.2) is 26.2 Å². The van der Waals surface area contributed by atoms with Gasteiger partial charge in [-0.15, -0.1) is 10.2 Å². The molecular formula is C24H19BrClFN4O3S. The molecule has 0 fully saturated rings. The number of nitro groups is 1. The Morgan fingerprint density at radius 3 is 2.63 bits per heavy atom. The second-order valence-electron chi connectivity index (χ2n) is 7.53. The molecular weight excluding hydrogens is 559 g/mol. The predicted octanol–water partition coefficient (Wildman–Crippen LogP) is 6.82. The average Bonchev–Trinajstić information content (AvgIpc) is 3.19. The predicted molar refractivity (Wildman–Crippen MR) is 136 cm³/mol. The van der Waals surface area contributed by atoms with Gasteiger partial charge < -0.3 is 4.74 Å². The van der Waals surface area contributed by atoms with Gasteiger partial charge in [-0.2, -0.15) is 0 Å². The molecule has 1 heterocycles. The molecule has 4 aromatic rings. The molecule has 180 valence electrons. The normalized spacial score (nSPS) is 11.9. The highest BCUT2D eigenvalue weighted by Gasteiger charge is 2.27. The van der Waals surface area contributed by atoms with E-state index in [4.69, 9.17) is 16.3 Å². The molecule has 0 saturated heterocycles. The lowest BCUT2D eigenvalue weighted by atomic mass is 10.1. The molecule has 0 spiro atoms. The van der Waals surface area contributed by atoms with E-state index in [1.54, 1.807) is 55.5 Å². The second kappa shape index (κ2) is 11.2. The number of hydrogen-bond acceptors (Lipinski definition) is 6. The highest BCUT2D eigenvalue weighted by atomic mass is 79.9. The summed E-state index contributed by atoms with van der Waals surface area (Å²) in [4.78, 5) is 11.2. The largest absolute Gasteiger partial charge is 0.488 e. The van der Waals surface area contributed by atoms with Crippen LogP contribution in [0.25, 0.3) is 5.69 Å². The first-order valence-corrected chi connectivity index (χ1v) is 12.5. The molecule has 0 saturated carbocycles. The third-order valence-corrected chi connectivity index (χ3v) is 7.01. The average molecular weight is 578 g/mol. The Bertz CT molecular complexity index is 1350. The van der Waals surface area contributed by atoms with E-state index in [1.807, 2.05) is 16.7 Å². The molecule has 0 aliphatic rings. The summed E-state index contributed by atoms with van der Waals surface area (Å²) in [5, 5.41) is 20.5. The molecule has 0 bridgehead atoms. The first kappa shape index (κ1) is 25.2. The molecule has 4 rings (SSSR count). The topological polar surface area (TPSA) is 83.1 Å². The molecule has 0 aliphatic carbocycles. The van der Waals surface area contributed by atoms with Crippen LogP contribution in [-0.2, 0) is 6.61 Å². The molecule has 0 amide bonds. The van der Waals surface area contributed by atoms with Crippen molar-refractivity contribution >= 4 is 39.3 Å². The van der Waals surface area contributed by atoms with Crippen LogP contribution in [0.2, 0.25) is 5.02 Å². The summed E-state index contributed by atoms with van der Waals surface area (Å²) in [5.41, 5.74) is 1.75. The van der Waals surface area contributed by atoms with Crippen LogP contribution in [0.1, 0.15) is 22.2 Å². The lowest BCUT2D eigenvalue weighted by molar-refractivity contribution is -0.479. The fourth-order valence-corrected chi connectivity index (χ4v) is 5.14. The Morgan fingerprint density at radius 1 is 1.17 bits per heavy atom. The molecule has 0 unspecified atom stereocenters. The van der Waals surface area contributed by atoms with E-state index in [1.165, 1.54) is 17.8 Å². The number of aryl methyl sites for hydroxylation is 1. The highest BCUT2D eigenvalue weighted by molar-refractivity contribution is 9.10. The van der Waals surface area contributed by atoms with Gasteiger partial charge in [0, 0.05) is 31.2 Å². The first-order chi connectivity index (χ1) is 16.8. The lowest BCUT2D eigenvalue weighted by Crippen LogP contribution is -2.13. The molecule has 0 radical (unpaired) electrons. The smallest absolute Gasteiger partial charge is 0.220 e. The Morgan fingerprint density at radius 2 is 1.91 bits per heavy atom. The molecule has 3 aromatic carbocycles. The van der Waals surface area contributed by atoms with Crippen LogP contribution in [0.3, 0.4) is 0 Å². The first-order valence-electron chi connectivity index (χ1n) is 10.4. The van der Waals surface area contributed by atoms with Gasteiger partial charge in [-0.25, -0.2) is 4.39 Å². The van der Waals surface area contributed by atoms with Gasteiger partial charge in [-0.1, -0.05) is 57.5 Å². The quantitative estimate of drug-likeness (QED) is 0.123. The summed E-state index contributed by atoms with van der Waals surface area (Å²) in [5.74, 6) is 0.666. The van der Waals surface area contributed by atoms with Crippen LogP contribution in [0.15, 0.2) is 76.4 Å². The number of hydrogen-bond donors (Lipinski definition) is 0. The number of nitrogens with zero attached hydrogens (tertiary/aromatic N) is 4. The molecule has 11 heteroatoms. The van der Waals surface area contributed by atoms with Crippen molar-refractivity contribution in [1.82, 2.24) is 14.8 Å². The minimum absolute atomic E-state index is 0.0166. The van der Waals surface area contributed by atoms with Crippen molar-refractivity contribution in [2.75, 3.05) is 6.54 Å². The van der Waals surface area contributed by atoms with E-state index in [-0.39, 0.29) is 23.9 Å². The molecule has 0 N–H and O–H groups in total. The van der Waals surface area contributed by atoms with Gasteiger partial charge in [0.2, 0.25) is 6.54 Å². The Hall–Kier alpha value is -2.95. The fraction of sp³-hybridized carbons (Fsp3) is 0.167. The van der Waals surface area contributed by atoms with Gasteiger partial charge in [0.15, 0.2) is 5.16 Å². The zero-order valence-corrected chi connectivity index (χ0v) is 21.6. The maximum atomic E-state index is 14.1. The van der Waals surface area contributed by atoms with Crippen molar-refractivity contribution in [3.63, 3.8) is 0 Å². The SMILES string of the molecule is Cc1nnc(S[C@H](C[N+](=O)[O-])c2cc(Br)ccc2OCc2ccccc2F)n1-c1ccc(Cl)cc1. The van der Waals surface area contributed by atoms with Crippen LogP contribution in [0.4, 0.5) is 4.39 Å². The maximum Gasteiger partial charge on any atom is 0.220 e. The fourth-order valence-electron chi connectivity index (χ4n) is 3.44. The van der Waals surface area contributed by atoms with E-state index in [0.29, 0.717) is 32.9 Å². The molecule has 1 aromatic heterocycles. The minimum atomic E-state index is -0.659. The Labute approximate surface area is 218 Å². The van der Waals surface area contributed by atoms with Gasteiger partial charge in [0.1, 0.15) is 29.2 Å². The number of halogens is 3. The van der Waals surface area contributed by atoms with Gasteiger partial charge in [-0.3, -0.25) is 14.7 Å². The monoisotopic (exact) mass is 576 g/mol. The number of ether oxygens (including phenoxy) is 1. The van der Waals surface area contributed by atoms with E-state index in [2.05, 4.69) is 26.1 Å². The second-order valence-corrected chi connectivity index (χ2v) is 10.0. The van der Waals surface area contributed by atoms with E-state index >= 15 is 0 Å². The molecule has 35 heavy (non-hydrogen) atoms. The van der Waals surface area contributed by atoms with Crippen molar-refractivity contribution in [2.24, 2.45) is 0 Å². The van der Waals surface area contributed by atoms with Crippen LogP contribution in [0, 0.1) is 22.9 Å². The van der Waals surface area contributed by atoms with Crippen LogP contribution < -0.4 is 4.74 Å². The Balaban J connectivity index is 1.68. The number of rotatable bonds is 9. The summed E-state index contributed by atoms with van der Waals surface area (Å²) in [7, 11) is 0. The lowest BCUT2D eigenvalue weighted by Gasteiger charge is -2.18. The third kappa shape index (κ3) is 6.19. The highest BCUT2D eigenvalue weighted by Crippen LogP contribution is 2.41. The standard InChI is InChI=1S/C24H19BrClFN4O3S/c1-15-28-29-24(31(15)19-9-7-18(26)8-10-19)35-23(13-30(32)33)20-12-17(25)6-11-22(20)34-14-16-4-2-3-5-21(16)27/h2-12,23H,13-14H2,1H3/t23-/m1/s1. The van der Waals surface area contributed by atoms with Gasteiger partial charge in [0.05, 0.1) is 0 Å². The van der Waals surface area contributed by atoms with Gasteiger partial charge >= 0.3 is 0 Å². The molecule has 0 aliphatic heterocycles. The van der Waals surface area contributed by atoms with Crippen molar-refractivity contribution in [3.05, 3.63) is 109 Å². The maximum absolute atomic E-state index is 14.1. The van der Waals surface area contributed by atoms with Gasteiger partial charge in [-0.05, 0) is 55.5 Å². The van der Waals surface area contributed by atoms with Crippen molar-refractivity contribution in [2.45, 2.75) is 23.9 Å². The summed E-state index contributed by atoms with van der Waals surface area (Å²) in [6.07, 6.45) is 0. The zero-order valence-electron chi connectivity index (χ0n) is 18.4. The van der Waals surface area contributed by atoms with Crippen molar-refractivity contribution in [1.29, 1.82) is 0 Å². The summed E-state index contributed by atoms with van der Waals surface area (Å²) in [6.45, 7) is 1.40. The van der Waals surface area contributed by atoms with E-state index in [9.17, 15) is 14.5 Å². The van der Waals surface area contributed by atoms with E-state index < -0.39 is 5.25 Å².